The summed E-state index contributed by atoms with van der Waals surface area (Å²) in [7, 11) is 1.55. The van der Waals surface area contributed by atoms with E-state index in [0.717, 1.165) is 11.3 Å². The highest BCUT2D eigenvalue weighted by atomic mass is 16.5. The van der Waals surface area contributed by atoms with Crippen molar-refractivity contribution < 1.29 is 14.3 Å². The van der Waals surface area contributed by atoms with Crippen LogP contribution in [0.3, 0.4) is 0 Å². The minimum Gasteiger partial charge on any atom is -0.493 e. The molecule has 0 aliphatic rings. The molecule has 5 nitrogen and oxygen atoms in total. The van der Waals surface area contributed by atoms with Gasteiger partial charge in [-0.25, -0.2) is 0 Å². The van der Waals surface area contributed by atoms with E-state index in [-0.39, 0.29) is 24.8 Å². The first kappa shape index (κ1) is 17.5. The Balaban J connectivity index is 1.90. The molecule has 0 bridgehead atoms. The normalized spacial score (nSPS) is 10.1. The summed E-state index contributed by atoms with van der Waals surface area (Å²) in [6.45, 7) is 4.33. The zero-order chi connectivity index (χ0) is 17.5. The van der Waals surface area contributed by atoms with Crippen molar-refractivity contribution in [2.24, 2.45) is 0 Å². The van der Waals surface area contributed by atoms with E-state index in [2.05, 4.69) is 10.6 Å². The number of carbonyl (C=O) groups is 2. The van der Waals surface area contributed by atoms with Crippen LogP contribution in [0.5, 0.6) is 5.75 Å². The highest BCUT2D eigenvalue weighted by Gasteiger charge is 2.11. The van der Waals surface area contributed by atoms with Crippen LogP contribution in [-0.2, 0) is 4.79 Å². The summed E-state index contributed by atoms with van der Waals surface area (Å²) in [6, 6.07) is 12.7. The molecular weight excluding hydrogens is 304 g/mol. The predicted molar refractivity (Wildman–Crippen MR) is 94.5 cm³/mol. The third-order valence-corrected chi connectivity index (χ3v) is 3.75. The number of ether oxygens (including phenoxy) is 1. The number of nitrogens with one attached hydrogen (secondary N) is 2. The fraction of sp³-hybridized carbons (Fsp3) is 0.263. The minimum atomic E-state index is -0.239. The maximum atomic E-state index is 12.1. The van der Waals surface area contributed by atoms with Gasteiger partial charge in [0.2, 0.25) is 5.91 Å². The molecule has 5 heteroatoms. The van der Waals surface area contributed by atoms with Crippen molar-refractivity contribution in [1.82, 2.24) is 5.32 Å². The van der Waals surface area contributed by atoms with Gasteiger partial charge in [-0.2, -0.15) is 0 Å². The van der Waals surface area contributed by atoms with Crippen LogP contribution >= 0.6 is 0 Å². The van der Waals surface area contributed by atoms with Crippen LogP contribution in [0.2, 0.25) is 0 Å². The number of anilines is 1. The Labute approximate surface area is 142 Å². The van der Waals surface area contributed by atoms with E-state index in [4.69, 9.17) is 4.74 Å². The van der Waals surface area contributed by atoms with Gasteiger partial charge in [-0.15, -0.1) is 0 Å². The van der Waals surface area contributed by atoms with Crippen LogP contribution in [0.1, 0.15) is 27.9 Å². The summed E-state index contributed by atoms with van der Waals surface area (Å²) in [5, 5.41) is 5.31. The lowest BCUT2D eigenvalue weighted by Crippen LogP contribution is -2.22. The second kappa shape index (κ2) is 8.15. The van der Waals surface area contributed by atoms with Gasteiger partial charge in [-0.05, 0) is 49.2 Å². The number of para-hydroxylation sites is 1. The molecule has 0 aromatic heterocycles. The molecule has 2 N–H and O–H groups in total. The van der Waals surface area contributed by atoms with E-state index in [0.29, 0.717) is 11.3 Å². The Morgan fingerprint density at radius 2 is 1.79 bits per heavy atom. The van der Waals surface area contributed by atoms with Gasteiger partial charge in [0.15, 0.2) is 0 Å². The average molecular weight is 326 g/mol. The summed E-state index contributed by atoms with van der Waals surface area (Å²) < 4.78 is 5.61. The monoisotopic (exact) mass is 326 g/mol. The minimum absolute atomic E-state index is 0.199. The second-order valence-corrected chi connectivity index (χ2v) is 5.52. The van der Waals surface area contributed by atoms with E-state index in [1.807, 2.05) is 32.0 Å². The zero-order valence-electron chi connectivity index (χ0n) is 14.2. The molecule has 0 fully saturated rings. The fourth-order valence-corrected chi connectivity index (χ4v) is 2.20. The molecule has 0 atom stereocenters. The first-order chi connectivity index (χ1) is 11.5. The number of carbonyl (C=O) groups excluding carboxylic acids is 2. The molecule has 2 rings (SSSR count). The molecular formula is C19H22N2O3. The largest absolute Gasteiger partial charge is 0.493 e. The molecule has 0 aliphatic carbocycles. The Bertz CT molecular complexity index is 741. The maximum absolute atomic E-state index is 12.1. The van der Waals surface area contributed by atoms with Crippen molar-refractivity contribution in [2.45, 2.75) is 20.3 Å². The highest BCUT2D eigenvalue weighted by molar-refractivity contribution is 6.03. The van der Waals surface area contributed by atoms with E-state index in [9.17, 15) is 9.59 Å². The van der Waals surface area contributed by atoms with Crippen LogP contribution in [0, 0.1) is 13.8 Å². The van der Waals surface area contributed by atoms with E-state index in [1.165, 1.54) is 5.56 Å². The molecule has 2 aromatic rings. The topological polar surface area (TPSA) is 67.4 Å². The molecule has 24 heavy (non-hydrogen) atoms. The molecule has 0 radical (unpaired) electrons. The molecule has 2 aromatic carbocycles. The molecule has 0 aliphatic heterocycles. The summed E-state index contributed by atoms with van der Waals surface area (Å²) >= 11 is 0. The van der Waals surface area contributed by atoms with Gasteiger partial charge in [-0.1, -0.05) is 18.2 Å². The standard InChI is InChI=1S/C19H22N2O3/c1-13-8-9-15(12-14(13)2)24-11-10-18(22)21-17-7-5-4-6-16(17)19(23)20-3/h4-9,12H,10-11H2,1-3H3,(H,20,23)(H,21,22). The van der Waals surface area contributed by atoms with Gasteiger partial charge in [0.25, 0.3) is 5.91 Å². The van der Waals surface area contributed by atoms with Crippen LogP contribution < -0.4 is 15.4 Å². The molecule has 0 spiro atoms. The van der Waals surface area contributed by atoms with Crippen molar-refractivity contribution in [3.05, 3.63) is 59.2 Å². The van der Waals surface area contributed by atoms with Crippen LogP contribution in [0.15, 0.2) is 42.5 Å². The van der Waals surface area contributed by atoms with Gasteiger partial charge >= 0.3 is 0 Å². The zero-order valence-corrected chi connectivity index (χ0v) is 14.2. The van der Waals surface area contributed by atoms with Crippen molar-refractivity contribution in [2.75, 3.05) is 19.0 Å². The molecule has 0 saturated heterocycles. The Morgan fingerprint density at radius 1 is 1.04 bits per heavy atom. The Morgan fingerprint density at radius 3 is 2.50 bits per heavy atom. The van der Waals surface area contributed by atoms with Gasteiger partial charge in [0.05, 0.1) is 24.3 Å². The van der Waals surface area contributed by atoms with Crippen LogP contribution in [0.4, 0.5) is 5.69 Å². The number of hydrogen-bond donors (Lipinski definition) is 2. The van der Waals surface area contributed by atoms with Gasteiger partial charge in [-0.3, -0.25) is 9.59 Å². The smallest absolute Gasteiger partial charge is 0.253 e. The van der Waals surface area contributed by atoms with E-state index >= 15 is 0 Å². The third kappa shape index (κ3) is 4.59. The molecule has 0 saturated carbocycles. The summed E-state index contributed by atoms with van der Waals surface area (Å²) in [5.41, 5.74) is 3.28. The summed E-state index contributed by atoms with van der Waals surface area (Å²) in [6.07, 6.45) is 0.203. The second-order valence-electron chi connectivity index (χ2n) is 5.52. The molecule has 126 valence electrons. The van der Waals surface area contributed by atoms with Crippen molar-refractivity contribution >= 4 is 17.5 Å². The number of aryl methyl sites for hydroxylation is 2. The Kier molecular flexibility index (Phi) is 5.95. The number of hydrogen-bond acceptors (Lipinski definition) is 3. The SMILES string of the molecule is CNC(=O)c1ccccc1NC(=O)CCOc1ccc(C)c(C)c1. The van der Waals surface area contributed by atoms with Gasteiger partial charge in [0.1, 0.15) is 5.75 Å². The van der Waals surface area contributed by atoms with Gasteiger partial charge in [0, 0.05) is 7.05 Å². The molecule has 2 amide bonds. The summed E-state index contributed by atoms with van der Waals surface area (Å²) in [4.78, 5) is 23.9. The number of benzene rings is 2. The molecule has 0 unspecified atom stereocenters. The first-order valence-corrected chi connectivity index (χ1v) is 7.82. The van der Waals surface area contributed by atoms with E-state index in [1.54, 1.807) is 31.3 Å². The van der Waals surface area contributed by atoms with Crippen LogP contribution in [0.25, 0.3) is 0 Å². The lowest BCUT2D eigenvalue weighted by Gasteiger charge is -2.11. The first-order valence-electron chi connectivity index (χ1n) is 7.82. The quantitative estimate of drug-likeness (QED) is 0.857. The van der Waals surface area contributed by atoms with E-state index < -0.39 is 0 Å². The number of rotatable bonds is 6. The van der Waals surface area contributed by atoms with Crippen molar-refractivity contribution in [3.63, 3.8) is 0 Å². The lowest BCUT2D eigenvalue weighted by atomic mass is 10.1. The fourth-order valence-electron chi connectivity index (χ4n) is 2.20. The average Bonchev–Trinajstić information content (AvgIpc) is 2.58. The van der Waals surface area contributed by atoms with Crippen LogP contribution in [-0.4, -0.2) is 25.5 Å². The summed E-state index contributed by atoms with van der Waals surface area (Å²) in [5.74, 6) is 0.309. The highest BCUT2D eigenvalue weighted by Crippen LogP contribution is 2.17. The lowest BCUT2D eigenvalue weighted by molar-refractivity contribution is -0.116. The molecule has 0 heterocycles. The maximum Gasteiger partial charge on any atom is 0.253 e. The third-order valence-electron chi connectivity index (χ3n) is 3.75. The van der Waals surface area contributed by atoms with Crippen molar-refractivity contribution in [1.29, 1.82) is 0 Å². The Hall–Kier alpha value is -2.82. The number of amides is 2. The van der Waals surface area contributed by atoms with Crippen molar-refractivity contribution in [3.8, 4) is 5.75 Å². The predicted octanol–water partition coefficient (Wildman–Crippen LogP) is 3.07. The van der Waals surface area contributed by atoms with Gasteiger partial charge < -0.3 is 15.4 Å².